The normalized spacial score (nSPS) is 11.7. The summed E-state index contributed by atoms with van der Waals surface area (Å²) in [5, 5.41) is 11.0. The Morgan fingerprint density at radius 3 is 2.88 bits per heavy atom. The summed E-state index contributed by atoms with van der Waals surface area (Å²) in [5.41, 5.74) is 2.20. The lowest BCUT2D eigenvalue weighted by Crippen LogP contribution is -2.07. The zero-order valence-corrected chi connectivity index (χ0v) is 15.3. The predicted molar refractivity (Wildman–Crippen MR) is 99.4 cm³/mol. The molecule has 0 amide bonds. The molecule has 0 unspecified atom stereocenters. The van der Waals surface area contributed by atoms with E-state index in [2.05, 4.69) is 45.7 Å². The van der Waals surface area contributed by atoms with Crippen LogP contribution in [0.1, 0.15) is 20.3 Å². The number of methoxy groups -OCH3 is 1. The summed E-state index contributed by atoms with van der Waals surface area (Å²) in [6.45, 7) is 5.88. The molecule has 0 aliphatic heterocycles. The lowest BCUT2D eigenvalue weighted by molar-refractivity contribution is 0.185. The molecule has 0 radical (unpaired) electrons. The second kappa shape index (κ2) is 7.85. The number of hydrogen-bond acceptors (Lipinski definition) is 4. The van der Waals surface area contributed by atoms with Gasteiger partial charge < -0.3 is 9.72 Å². The van der Waals surface area contributed by atoms with Crippen molar-refractivity contribution >= 4 is 22.7 Å². The molecule has 6 heteroatoms. The highest BCUT2D eigenvalue weighted by atomic mass is 32.2. The summed E-state index contributed by atoms with van der Waals surface area (Å²) >= 11 is 1.77. The van der Waals surface area contributed by atoms with Gasteiger partial charge in [-0.2, -0.15) is 0 Å². The van der Waals surface area contributed by atoms with E-state index < -0.39 is 0 Å². The highest BCUT2D eigenvalue weighted by molar-refractivity contribution is 7.99. The van der Waals surface area contributed by atoms with E-state index in [1.807, 2.05) is 18.3 Å². The molecule has 2 aromatic heterocycles. The SMILES string of the molecule is COCCn1c(SCCC(C)C)nnc1-c1c[nH]c2ccccc12. The van der Waals surface area contributed by atoms with Gasteiger partial charge in [0.1, 0.15) is 0 Å². The molecule has 0 saturated heterocycles. The fourth-order valence-corrected chi connectivity index (χ4v) is 3.83. The second-order valence-electron chi connectivity index (χ2n) is 6.23. The number of ether oxygens (including phenoxy) is 1. The average Bonchev–Trinajstić information content (AvgIpc) is 3.16. The molecule has 0 atom stereocenters. The maximum absolute atomic E-state index is 5.28. The van der Waals surface area contributed by atoms with E-state index >= 15 is 0 Å². The van der Waals surface area contributed by atoms with Crippen LogP contribution in [-0.2, 0) is 11.3 Å². The van der Waals surface area contributed by atoms with Crippen molar-refractivity contribution in [3.63, 3.8) is 0 Å². The zero-order chi connectivity index (χ0) is 16.9. The van der Waals surface area contributed by atoms with Crippen LogP contribution in [-0.4, -0.2) is 39.2 Å². The van der Waals surface area contributed by atoms with Crippen molar-refractivity contribution in [1.29, 1.82) is 0 Å². The minimum atomic E-state index is 0.644. The summed E-state index contributed by atoms with van der Waals surface area (Å²) in [6, 6.07) is 8.27. The van der Waals surface area contributed by atoms with Crippen molar-refractivity contribution in [2.45, 2.75) is 32.0 Å². The van der Waals surface area contributed by atoms with E-state index in [9.17, 15) is 0 Å². The van der Waals surface area contributed by atoms with Crippen molar-refractivity contribution in [3.8, 4) is 11.4 Å². The van der Waals surface area contributed by atoms with Crippen LogP contribution in [0.5, 0.6) is 0 Å². The Kier molecular flexibility index (Phi) is 5.58. The van der Waals surface area contributed by atoms with E-state index in [4.69, 9.17) is 4.74 Å². The summed E-state index contributed by atoms with van der Waals surface area (Å²) in [5.74, 6) is 2.65. The van der Waals surface area contributed by atoms with Gasteiger partial charge in [-0.3, -0.25) is 4.57 Å². The number of benzene rings is 1. The lowest BCUT2D eigenvalue weighted by atomic mass is 10.1. The molecule has 2 heterocycles. The molecule has 0 aliphatic carbocycles. The Hall–Kier alpha value is -1.79. The van der Waals surface area contributed by atoms with Crippen molar-refractivity contribution in [1.82, 2.24) is 19.7 Å². The largest absolute Gasteiger partial charge is 0.383 e. The van der Waals surface area contributed by atoms with Gasteiger partial charge >= 0.3 is 0 Å². The Labute approximate surface area is 146 Å². The summed E-state index contributed by atoms with van der Waals surface area (Å²) in [4.78, 5) is 3.32. The van der Waals surface area contributed by atoms with E-state index in [1.165, 1.54) is 11.8 Å². The van der Waals surface area contributed by atoms with Crippen LogP contribution in [0.2, 0.25) is 0 Å². The first-order valence-electron chi connectivity index (χ1n) is 8.32. The van der Waals surface area contributed by atoms with E-state index in [0.29, 0.717) is 12.5 Å². The molecule has 0 fully saturated rings. The summed E-state index contributed by atoms with van der Waals surface area (Å²) in [6.07, 6.45) is 3.19. The van der Waals surface area contributed by atoms with Crippen molar-refractivity contribution in [2.75, 3.05) is 19.5 Å². The van der Waals surface area contributed by atoms with Crippen molar-refractivity contribution in [3.05, 3.63) is 30.5 Å². The zero-order valence-electron chi connectivity index (χ0n) is 14.5. The number of hydrogen-bond donors (Lipinski definition) is 1. The van der Waals surface area contributed by atoms with Crippen LogP contribution in [0.4, 0.5) is 0 Å². The van der Waals surface area contributed by atoms with Crippen LogP contribution in [0, 0.1) is 5.92 Å². The molecule has 128 valence electrons. The van der Waals surface area contributed by atoms with Gasteiger partial charge in [-0.25, -0.2) is 0 Å². The molecule has 0 aliphatic rings. The number of fused-ring (bicyclic) bond motifs is 1. The number of nitrogens with one attached hydrogen (secondary N) is 1. The van der Waals surface area contributed by atoms with Crippen LogP contribution >= 0.6 is 11.8 Å². The van der Waals surface area contributed by atoms with E-state index in [0.717, 1.165) is 34.4 Å². The third kappa shape index (κ3) is 3.65. The van der Waals surface area contributed by atoms with E-state index in [-0.39, 0.29) is 0 Å². The smallest absolute Gasteiger partial charge is 0.191 e. The minimum absolute atomic E-state index is 0.644. The Morgan fingerprint density at radius 1 is 1.25 bits per heavy atom. The standard InChI is InChI=1S/C18H24N4OS/c1-13(2)8-11-24-18-21-20-17(22(18)9-10-23-3)15-12-19-16-7-5-4-6-14(15)16/h4-7,12-13,19H,8-11H2,1-3H3. The monoisotopic (exact) mass is 344 g/mol. The first-order valence-corrected chi connectivity index (χ1v) is 9.30. The van der Waals surface area contributed by atoms with Crippen LogP contribution in [0.15, 0.2) is 35.6 Å². The molecule has 1 aromatic carbocycles. The molecule has 1 N–H and O–H groups in total. The number of aromatic nitrogens is 4. The minimum Gasteiger partial charge on any atom is -0.383 e. The fourth-order valence-electron chi connectivity index (χ4n) is 2.62. The second-order valence-corrected chi connectivity index (χ2v) is 7.29. The number of nitrogens with zero attached hydrogens (tertiary/aromatic N) is 3. The van der Waals surface area contributed by atoms with Gasteiger partial charge in [-0.05, 0) is 18.4 Å². The van der Waals surface area contributed by atoms with Crippen LogP contribution in [0.3, 0.4) is 0 Å². The van der Waals surface area contributed by atoms with Gasteiger partial charge in [0.25, 0.3) is 0 Å². The van der Waals surface area contributed by atoms with Crippen LogP contribution in [0.25, 0.3) is 22.3 Å². The fraction of sp³-hybridized carbons (Fsp3) is 0.444. The third-order valence-electron chi connectivity index (χ3n) is 3.99. The number of H-pyrrole nitrogens is 1. The number of thioether (sulfide) groups is 1. The van der Waals surface area contributed by atoms with Crippen molar-refractivity contribution in [2.24, 2.45) is 5.92 Å². The maximum atomic E-state index is 5.28. The molecular weight excluding hydrogens is 320 g/mol. The van der Waals surface area contributed by atoms with Gasteiger partial charge in [0.15, 0.2) is 11.0 Å². The van der Waals surface area contributed by atoms with Gasteiger partial charge in [0.05, 0.1) is 13.2 Å². The van der Waals surface area contributed by atoms with Gasteiger partial charge in [-0.15, -0.1) is 10.2 Å². The van der Waals surface area contributed by atoms with Crippen molar-refractivity contribution < 1.29 is 4.74 Å². The summed E-state index contributed by atoms with van der Waals surface area (Å²) in [7, 11) is 1.72. The highest BCUT2D eigenvalue weighted by Gasteiger charge is 2.17. The molecule has 3 aromatic rings. The number of rotatable bonds is 8. The summed E-state index contributed by atoms with van der Waals surface area (Å²) < 4.78 is 7.45. The quantitative estimate of drug-likeness (QED) is 0.622. The van der Waals surface area contributed by atoms with Gasteiger partial charge in [0, 0.05) is 35.5 Å². The molecule has 24 heavy (non-hydrogen) atoms. The van der Waals surface area contributed by atoms with Gasteiger partial charge in [-0.1, -0.05) is 43.8 Å². The lowest BCUT2D eigenvalue weighted by Gasteiger charge is -2.10. The number of para-hydroxylation sites is 1. The average molecular weight is 344 g/mol. The molecule has 3 rings (SSSR count). The molecule has 5 nitrogen and oxygen atoms in total. The molecule has 0 bridgehead atoms. The Balaban J connectivity index is 1.93. The topological polar surface area (TPSA) is 55.7 Å². The number of aromatic amines is 1. The third-order valence-corrected chi connectivity index (χ3v) is 4.99. The molecule has 0 saturated carbocycles. The highest BCUT2D eigenvalue weighted by Crippen LogP contribution is 2.30. The predicted octanol–water partition coefficient (Wildman–Crippen LogP) is 4.21. The first kappa shape index (κ1) is 17.0. The Bertz CT molecular complexity index is 793. The first-order chi connectivity index (χ1) is 11.7. The van der Waals surface area contributed by atoms with Crippen LogP contribution < -0.4 is 0 Å². The molecule has 0 spiro atoms. The Morgan fingerprint density at radius 2 is 2.08 bits per heavy atom. The maximum Gasteiger partial charge on any atom is 0.191 e. The van der Waals surface area contributed by atoms with E-state index in [1.54, 1.807) is 18.9 Å². The molecular formula is C18H24N4OS. The van der Waals surface area contributed by atoms with Gasteiger partial charge in [0.2, 0.25) is 0 Å².